The van der Waals surface area contributed by atoms with E-state index in [0.717, 1.165) is 40.3 Å². The van der Waals surface area contributed by atoms with Gasteiger partial charge in [-0.05, 0) is 24.3 Å². The van der Waals surface area contributed by atoms with Crippen LogP contribution in [0.1, 0.15) is 35.4 Å². The molecular formula is C22H19N3O2. The molecule has 0 unspecified atom stereocenters. The van der Waals surface area contributed by atoms with Gasteiger partial charge in [-0.3, -0.25) is 4.98 Å². The van der Waals surface area contributed by atoms with Crippen molar-refractivity contribution in [2.24, 2.45) is 5.10 Å². The zero-order valence-electron chi connectivity index (χ0n) is 14.9. The van der Waals surface area contributed by atoms with E-state index in [1.807, 2.05) is 54.7 Å². The molecule has 2 aromatic carbocycles. The van der Waals surface area contributed by atoms with Crippen LogP contribution < -0.4 is 9.47 Å². The monoisotopic (exact) mass is 357 g/mol. The highest BCUT2D eigenvalue weighted by molar-refractivity contribution is 6.01. The molecule has 2 atom stereocenters. The molecule has 1 aromatic heterocycles. The van der Waals surface area contributed by atoms with Gasteiger partial charge in [0.1, 0.15) is 11.5 Å². The maximum absolute atomic E-state index is 6.38. The van der Waals surface area contributed by atoms with Crippen molar-refractivity contribution >= 4 is 5.71 Å². The molecule has 0 fully saturated rings. The maximum atomic E-state index is 6.38. The molecule has 0 aliphatic carbocycles. The minimum absolute atomic E-state index is 0.125. The third-order valence-corrected chi connectivity index (χ3v) is 5.10. The molecule has 5 rings (SSSR count). The normalized spacial score (nSPS) is 20.3. The van der Waals surface area contributed by atoms with Crippen molar-refractivity contribution in [3.63, 3.8) is 0 Å². The number of nitrogens with zero attached hydrogens (tertiary/aromatic N) is 3. The third-order valence-electron chi connectivity index (χ3n) is 5.10. The van der Waals surface area contributed by atoms with Gasteiger partial charge in [-0.25, -0.2) is 5.01 Å². The number of hydrogen-bond acceptors (Lipinski definition) is 5. The van der Waals surface area contributed by atoms with E-state index in [1.54, 1.807) is 13.3 Å². The first-order valence-corrected chi connectivity index (χ1v) is 9.00. The lowest BCUT2D eigenvalue weighted by Crippen LogP contribution is -2.33. The Labute approximate surface area is 157 Å². The Bertz CT molecular complexity index is 1000. The zero-order valence-corrected chi connectivity index (χ0v) is 14.9. The number of aromatic nitrogens is 1. The Kier molecular flexibility index (Phi) is 3.78. The minimum atomic E-state index is -0.338. The zero-order chi connectivity index (χ0) is 18.2. The van der Waals surface area contributed by atoms with Gasteiger partial charge in [0.15, 0.2) is 0 Å². The molecule has 0 spiro atoms. The molecule has 3 aromatic rings. The molecule has 5 nitrogen and oxygen atoms in total. The average molecular weight is 357 g/mol. The Morgan fingerprint density at radius 1 is 1.00 bits per heavy atom. The maximum Gasteiger partial charge on any atom is 0.217 e. The van der Waals surface area contributed by atoms with Gasteiger partial charge < -0.3 is 9.47 Å². The summed E-state index contributed by atoms with van der Waals surface area (Å²) >= 11 is 0. The van der Waals surface area contributed by atoms with Crippen LogP contribution in [-0.4, -0.2) is 22.8 Å². The van der Waals surface area contributed by atoms with Crippen molar-refractivity contribution in [2.75, 3.05) is 7.11 Å². The van der Waals surface area contributed by atoms with Gasteiger partial charge >= 0.3 is 0 Å². The van der Waals surface area contributed by atoms with Gasteiger partial charge in [-0.1, -0.05) is 36.4 Å². The molecular weight excluding hydrogens is 338 g/mol. The lowest BCUT2D eigenvalue weighted by Gasteiger charge is -2.38. The summed E-state index contributed by atoms with van der Waals surface area (Å²) in [6.45, 7) is 0. The van der Waals surface area contributed by atoms with Crippen molar-refractivity contribution < 1.29 is 9.47 Å². The molecule has 0 saturated carbocycles. The lowest BCUT2D eigenvalue weighted by molar-refractivity contribution is -0.0203. The Morgan fingerprint density at radius 3 is 2.63 bits per heavy atom. The quantitative estimate of drug-likeness (QED) is 0.700. The highest BCUT2D eigenvalue weighted by atomic mass is 16.5. The van der Waals surface area contributed by atoms with Crippen LogP contribution in [0.5, 0.6) is 11.5 Å². The van der Waals surface area contributed by atoms with E-state index in [0.29, 0.717) is 0 Å². The van der Waals surface area contributed by atoms with E-state index in [2.05, 4.69) is 22.1 Å². The van der Waals surface area contributed by atoms with Gasteiger partial charge in [-0.2, -0.15) is 5.10 Å². The van der Waals surface area contributed by atoms with Crippen LogP contribution in [0.25, 0.3) is 0 Å². The van der Waals surface area contributed by atoms with Crippen LogP contribution in [0.3, 0.4) is 0 Å². The number of ether oxygens (including phenoxy) is 2. The number of benzene rings is 2. The fraction of sp³-hybridized carbons (Fsp3) is 0.182. The van der Waals surface area contributed by atoms with E-state index in [9.17, 15) is 0 Å². The number of hydrogen-bond donors (Lipinski definition) is 0. The molecule has 0 bridgehead atoms. The average Bonchev–Trinajstić information content (AvgIpc) is 3.19. The van der Waals surface area contributed by atoms with E-state index in [-0.39, 0.29) is 12.3 Å². The molecule has 0 radical (unpaired) electrons. The first-order valence-electron chi connectivity index (χ1n) is 9.00. The van der Waals surface area contributed by atoms with E-state index >= 15 is 0 Å². The SMILES string of the molecule is COc1ccccc1[C@H]1Oc2ccccc2[C@@H]2CC(c3cccnc3)=NN12. The number of hydrazone groups is 1. The Morgan fingerprint density at radius 2 is 1.81 bits per heavy atom. The summed E-state index contributed by atoms with van der Waals surface area (Å²) in [7, 11) is 1.68. The Balaban J connectivity index is 1.63. The number of fused-ring (bicyclic) bond motifs is 3. The lowest BCUT2D eigenvalue weighted by atomic mass is 9.96. The molecule has 134 valence electrons. The molecule has 2 aliphatic heterocycles. The van der Waals surface area contributed by atoms with Crippen molar-refractivity contribution in [3.8, 4) is 11.5 Å². The summed E-state index contributed by atoms with van der Waals surface area (Å²) in [5.74, 6) is 1.70. The first-order chi connectivity index (χ1) is 13.3. The van der Waals surface area contributed by atoms with Gasteiger partial charge in [0.2, 0.25) is 6.23 Å². The molecule has 3 heterocycles. The van der Waals surface area contributed by atoms with Crippen molar-refractivity contribution in [2.45, 2.75) is 18.7 Å². The second-order valence-electron chi connectivity index (χ2n) is 6.64. The summed E-state index contributed by atoms with van der Waals surface area (Å²) < 4.78 is 12.0. The van der Waals surface area contributed by atoms with Crippen LogP contribution in [0, 0.1) is 0 Å². The van der Waals surface area contributed by atoms with Gasteiger partial charge in [0, 0.05) is 29.9 Å². The fourth-order valence-electron chi connectivity index (χ4n) is 3.82. The summed E-state index contributed by atoms with van der Waals surface area (Å²) in [5.41, 5.74) is 4.19. The summed E-state index contributed by atoms with van der Waals surface area (Å²) in [6, 6.07) is 20.3. The number of rotatable bonds is 3. The molecule has 0 N–H and O–H groups in total. The van der Waals surface area contributed by atoms with Gasteiger partial charge in [0.05, 0.1) is 24.4 Å². The fourth-order valence-corrected chi connectivity index (χ4v) is 3.82. The molecule has 2 aliphatic rings. The number of para-hydroxylation sites is 2. The van der Waals surface area contributed by atoms with Crippen molar-refractivity contribution in [1.29, 1.82) is 0 Å². The van der Waals surface area contributed by atoms with E-state index in [1.165, 1.54) is 0 Å². The van der Waals surface area contributed by atoms with Crippen molar-refractivity contribution in [1.82, 2.24) is 9.99 Å². The van der Waals surface area contributed by atoms with Crippen molar-refractivity contribution in [3.05, 3.63) is 89.7 Å². The summed E-state index contributed by atoms with van der Waals surface area (Å²) in [5, 5.41) is 7.00. The second-order valence-corrected chi connectivity index (χ2v) is 6.64. The van der Waals surface area contributed by atoms with E-state index in [4.69, 9.17) is 14.6 Å². The molecule has 0 saturated heterocycles. The minimum Gasteiger partial charge on any atom is -0.496 e. The molecule has 5 heteroatoms. The van der Waals surface area contributed by atoms with Gasteiger partial charge in [0.25, 0.3) is 0 Å². The standard InChI is InChI=1S/C22H19N3O2/c1-26-20-10-4-3-9-17(20)22-25-19(16-8-2-5-11-21(16)27-22)13-18(24-25)15-7-6-12-23-14-15/h2-12,14,19,22H,13H2,1H3/t19-,22+/m0/s1. The molecule has 27 heavy (non-hydrogen) atoms. The van der Waals surface area contributed by atoms with Crippen LogP contribution in [0.15, 0.2) is 78.2 Å². The van der Waals surface area contributed by atoms with E-state index < -0.39 is 0 Å². The largest absolute Gasteiger partial charge is 0.496 e. The summed E-state index contributed by atoms with van der Waals surface area (Å²) in [6.07, 6.45) is 4.12. The van der Waals surface area contributed by atoms with Crippen LogP contribution in [0.4, 0.5) is 0 Å². The summed E-state index contributed by atoms with van der Waals surface area (Å²) in [4.78, 5) is 4.24. The predicted molar refractivity (Wildman–Crippen MR) is 103 cm³/mol. The highest BCUT2D eigenvalue weighted by Gasteiger charge is 2.41. The number of pyridine rings is 1. The smallest absolute Gasteiger partial charge is 0.217 e. The third kappa shape index (κ3) is 2.63. The Hall–Kier alpha value is -3.34. The highest BCUT2D eigenvalue weighted by Crippen LogP contribution is 2.48. The van der Waals surface area contributed by atoms with Crippen LogP contribution in [0.2, 0.25) is 0 Å². The first kappa shape index (κ1) is 15.9. The van der Waals surface area contributed by atoms with Gasteiger partial charge in [-0.15, -0.1) is 0 Å². The van der Waals surface area contributed by atoms with Crippen LogP contribution in [-0.2, 0) is 0 Å². The number of methoxy groups -OCH3 is 1. The molecule has 0 amide bonds. The van der Waals surface area contributed by atoms with Crippen LogP contribution >= 0.6 is 0 Å². The predicted octanol–water partition coefficient (Wildman–Crippen LogP) is 4.33. The second kappa shape index (κ2) is 6.43. The topological polar surface area (TPSA) is 47.0 Å².